The summed E-state index contributed by atoms with van der Waals surface area (Å²) >= 11 is 1.25. The van der Waals surface area contributed by atoms with E-state index in [1.807, 2.05) is 0 Å². The number of nitrogens with zero attached hydrogens (tertiary/aromatic N) is 1. The minimum atomic E-state index is -0.533. The molecule has 0 aromatic heterocycles. The second-order valence-electron chi connectivity index (χ2n) is 5.43. The van der Waals surface area contributed by atoms with E-state index in [0.717, 1.165) is 5.56 Å². The van der Waals surface area contributed by atoms with E-state index in [1.165, 1.54) is 25.6 Å². The Morgan fingerprint density at radius 2 is 1.85 bits per heavy atom. The van der Waals surface area contributed by atoms with Crippen molar-refractivity contribution >= 4 is 40.2 Å². The average molecular weight is 376 g/mol. The molecule has 1 aliphatic rings. The van der Waals surface area contributed by atoms with E-state index in [1.54, 1.807) is 38.1 Å². The summed E-state index contributed by atoms with van der Waals surface area (Å²) in [5.74, 6) is -0.696. The molecule has 0 radical (unpaired) electrons. The summed E-state index contributed by atoms with van der Waals surface area (Å²) < 4.78 is 10.2. The van der Waals surface area contributed by atoms with Gasteiger partial charge < -0.3 is 14.8 Å². The Balaban J connectivity index is 2.43. The summed E-state index contributed by atoms with van der Waals surface area (Å²) in [7, 11) is 0. The molecule has 1 N–H and O–H groups in total. The first kappa shape index (κ1) is 19.7. The van der Waals surface area contributed by atoms with E-state index in [9.17, 15) is 14.4 Å². The Morgan fingerprint density at radius 3 is 2.38 bits per heavy atom. The third kappa shape index (κ3) is 4.95. The Bertz CT molecular complexity index is 783. The third-order valence-electron chi connectivity index (χ3n) is 3.31. The number of ether oxygens (including phenoxy) is 2. The highest BCUT2D eigenvalue weighted by Gasteiger charge is 2.29. The van der Waals surface area contributed by atoms with Gasteiger partial charge in [0.15, 0.2) is 5.50 Å². The van der Waals surface area contributed by atoms with Crippen LogP contribution in [0.25, 0.3) is 4.91 Å². The van der Waals surface area contributed by atoms with Crippen LogP contribution < -0.4 is 10.1 Å². The molecule has 0 saturated heterocycles. The molecule has 26 heavy (non-hydrogen) atoms. The Hall–Kier alpha value is -2.61. The summed E-state index contributed by atoms with van der Waals surface area (Å²) in [4.78, 5) is 39.8. The second-order valence-corrected chi connectivity index (χ2v) is 6.52. The van der Waals surface area contributed by atoms with E-state index in [-0.39, 0.29) is 12.5 Å². The Morgan fingerprint density at radius 1 is 1.19 bits per heavy atom. The lowest BCUT2D eigenvalue weighted by molar-refractivity contribution is -0.137. The maximum Gasteiger partial charge on any atom is 0.341 e. The molecule has 2 rings (SSSR count). The predicted molar refractivity (Wildman–Crippen MR) is 99.6 cm³/mol. The van der Waals surface area contributed by atoms with Gasteiger partial charge in [-0.25, -0.2) is 4.79 Å². The monoisotopic (exact) mass is 376 g/mol. The van der Waals surface area contributed by atoms with Gasteiger partial charge >= 0.3 is 11.9 Å². The first-order valence-corrected chi connectivity index (χ1v) is 8.88. The SMILES string of the molecule is CCOC(=O)C1=C(c2ccc(OC(C)=O)cc2)SC(NC(C)=O)N=C1C. The van der Waals surface area contributed by atoms with Gasteiger partial charge in [0.2, 0.25) is 5.91 Å². The molecule has 1 aromatic carbocycles. The normalized spacial score (nSPS) is 16.6. The highest BCUT2D eigenvalue weighted by Crippen LogP contribution is 2.38. The van der Waals surface area contributed by atoms with Gasteiger partial charge in [0, 0.05) is 18.8 Å². The molecule has 0 spiro atoms. The number of rotatable bonds is 5. The smallest absolute Gasteiger partial charge is 0.341 e. The molecule has 7 nitrogen and oxygen atoms in total. The first-order valence-electron chi connectivity index (χ1n) is 8.00. The van der Waals surface area contributed by atoms with Crippen molar-refractivity contribution in [1.29, 1.82) is 0 Å². The fourth-order valence-electron chi connectivity index (χ4n) is 2.33. The van der Waals surface area contributed by atoms with Gasteiger partial charge in [0.1, 0.15) is 5.75 Å². The number of carbonyl (C=O) groups excluding carboxylic acids is 3. The number of amides is 1. The molecule has 8 heteroatoms. The Labute approximate surface area is 155 Å². The standard InChI is InChI=1S/C18H20N2O5S/c1-5-24-17(23)15-10(2)19-18(20-11(3)21)26-16(15)13-6-8-14(9-7-13)25-12(4)22/h6-9,18H,5H2,1-4H3,(H,20,21). The van der Waals surface area contributed by atoms with E-state index < -0.39 is 17.4 Å². The fraction of sp³-hybridized carbons (Fsp3) is 0.333. The second kappa shape index (κ2) is 8.66. The molecule has 0 saturated carbocycles. The number of nitrogens with one attached hydrogen (secondary N) is 1. The molecular formula is C18H20N2O5S. The van der Waals surface area contributed by atoms with Crippen molar-refractivity contribution in [2.24, 2.45) is 4.99 Å². The van der Waals surface area contributed by atoms with Gasteiger partial charge in [-0.1, -0.05) is 23.9 Å². The van der Waals surface area contributed by atoms with Crippen molar-refractivity contribution in [3.8, 4) is 5.75 Å². The largest absolute Gasteiger partial charge is 0.462 e. The number of carbonyl (C=O) groups is 3. The molecule has 1 aromatic rings. The minimum absolute atomic E-state index is 0.219. The van der Waals surface area contributed by atoms with Crippen LogP contribution in [-0.4, -0.2) is 35.7 Å². The predicted octanol–water partition coefficient (Wildman–Crippen LogP) is 2.51. The molecular weight excluding hydrogens is 356 g/mol. The van der Waals surface area contributed by atoms with E-state index in [0.29, 0.717) is 21.9 Å². The number of hydrogen-bond donors (Lipinski definition) is 1. The lowest BCUT2D eigenvalue weighted by Crippen LogP contribution is -2.32. The molecule has 1 atom stereocenters. The van der Waals surface area contributed by atoms with Gasteiger partial charge in [-0.05, 0) is 31.5 Å². The van der Waals surface area contributed by atoms with Crippen LogP contribution in [0.5, 0.6) is 5.75 Å². The molecule has 1 aliphatic heterocycles. The average Bonchev–Trinajstić information content (AvgIpc) is 2.54. The fourth-order valence-corrected chi connectivity index (χ4v) is 3.61. The number of aliphatic imine (C=N–C) groups is 1. The molecule has 1 heterocycles. The number of thioether (sulfide) groups is 1. The highest BCUT2D eigenvalue weighted by molar-refractivity contribution is 8.09. The van der Waals surface area contributed by atoms with Gasteiger partial charge in [-0.2, -0.15) is 0 Å². The van der Waals surface area contributed by atoms with Gasteiger partial charge in [0.25, 0.3) is 0 Å². The molecule has 0 bridgehead atoms. The number of benzene rings is 1. The van der Waals surface area contributed by atoms with Crippen LogP contribution >= 0.6 is 11.8 Å². The molecule has 1 unspecified atom stereocenters. The van der Waals surface area contributed by atoms with E-state index >= 15 is 0 Å². The van der Waals surface area contributed by atoms with Crippen LogP contribution in [0.3, 0.4) is 0 Å². The highest BCUT2D eigenvalue weighted by atomic mass is 32.2. The first-order chi connectivity index (χ1) is 12.3. The summed E-state index contributed by atoms with van der Waals surface area (Å²) in [5.41, 5.74) is 1.05. The van der Waals surface area contributed by atoms with Crippen molar-refractivity contribution in [2.45, 2.75) is 33.2 Å². The van der Waals surface area contributed by atoms with Crippen molar-refractivity contribution < 1.29 is 23.9 Å². The maximum absolute atomic E-state index is 12.4. The zero-order valence-corrected chi connectivity index (χ0v) is 15.8. The molecule has 1 amide bonds. The van der Waals surface area contributed by atoms with Gasteiger partial charge in [0.05, 0.1) is 17.9 Å². The van der Waals surface area contributed by atoms with Crippen molar-refractivity contribution in [2.75, 3.05) is 6.61 Å². The van der Waals surface area contributed by atoms with Crippen LogP contribution in [0.15, 0.2) is 34.8 Å². The van der Waals surface area contributed by atoms with Crippen LogP contribution in [0.4, 0.5) is 0 Å². The Kier molecular flexibility index (Phi) is 6.57. The zero-order chi connectivity index (χ0) is 19.3. The van der Waals surface area contributed by atoms with Crippen LogP contribution in [-0.2, 0) is 19.1 Å². The lowest BCUT2D eigenvalue weighted by Gasteiger charge is -2.24. The number of hydrogen-bond acceptors (Lipinski definition) is 7. The third-order valence-corrected chi connectivity index (χ3v) is 4.44. The van der Waals surface area contributed by atoms with Crippen LogP contribution in [0.1, 0.15) is 33.3 Å². The summed E-state index contributed by atoms with van der Waals surface area (Å²) in [6.07, 6.45) is 0. The van der Waals surface area contributed by atoms with Crippen molar-refractivity contribution in [3.05, 3.63) is 35.4 Å². The molecule has 138 valence electrons. The van der Waals surface area contributed by atoms with Crippen molar-refractivity contribution in [3.63, 3.8) is 0 Å². The number of esters is 2. The van der Waals surface area contributed by atoms with Crippen molar-refractivity contribution in [1.82, 2.24) is 5.32 Å². The zero-order valence-electron chi connectivity index (χ0n) is 15.0. The topological polar surface area (TPSA) is 94.1 Å². The quantitative estimate of drug-likeness (QED) is 0.627. The summed E-state index contributed by atoms with van der Waals surface area (Å²) in [5, 5.41) is 2.72. The molecule has 0 fully saturated rings. The summed E-state index contributed by atoms with van der Waals surface area (Å²) in [6.45, 7) is 6.41. The van der Waals surface area contributed by atoms with E-state index in [2.05, 4.69) is 10.3 Å². The van der Waals surface area contributed by atoms with Gasteiger partial charge in [-0.15, -0.1) is 0 Å². The van der Waals surface area contributed by atoms with Gasteiger partial charge in [-0.3, -0.25) is 14.6 Å². The van der Waals surface area contributed by atoms with Crippen LogP contribution in [0.2, 0.25) is 0 Å². The lowest BCUT2D eigenvalue weighted by atomic mass is 10.1. The van der Waals surface area contributed by atoms with Crippen LogP contribution in [0, 0.1) is 0 Å². The maximum atomic E-state index is 12.4. The molecule has 0 aliphatic carbocycles. The van der Waals surface area contributed by atoms with E-state index in [4.69, 9.17) is 9.47 Å². The minimum Gasteiger partial charge on any atom is -0.462 e. The summed E-state index contributed by atoms with van der Waals surface area (Å²) in [6, 6.07) is 6.76.